The lowest BCUT2D eigenvalue weighted by atomic mass is 10.0. The summed E-state index contributed by atoms with van der Waals surface area (Å²) in [6.07, 6.45) is 5.11. The van der Waals surface area contributed by atoms with Crippen molar-refractivity contribution in [3.8, 4) is 17.2 Å². The SMILES string of the molecule is CS(=O)(=O)Nc1ccc2c(-c3ccc(C#N)cc3)cn(C3CCOCC3)c2c1. The normalized spacial score (nSPS) is 15.4. The Morgan fingerprint density at radius 2 is 1.86 bits per heavy atom. The van der Waals surface area contributed by atoms with Gasteiger partial charge in [0.1, 0.15) is 0 Å². The Morgan fingerprint density at radius 3 is 2.50 bits per heavy atom. The largest absolute Gasteiger partial charge is 0.381 e. The van der Waals surface area contributed by atoms with E-state index in [1.165, 1.54) is 0 Å². The summed E-state index contributed by atoms with van der Waals surface area (Å²) >= 11 is 0. The number of ether oxygens (including phenoxy) is 1. The van der Waals surface area contributed by atoms with Crippen LogP contribution in [-0.2, 0) is 14.8 Å². The number of nitrogens with one attached hydrogen (secondary N) is 1. The minimum absolute atomic E-state index is 0.303. The van der Waals surface area contributed by atoms with Crippen molar-refractivity contribution in [3.05, 3.63) is 54.2 Å². The molecule has 1 N–H and O–H groups in total. The molecule has 1 aromatic heterocycles. The highest BCUT2D eigenvalue weighted by Gasteiger charge is 2.20. The van der Waals surface area contributed by atoms with Crippen molar-refractivity contribution in [3.63, 3.8) is 0 Å². The van der Waals surface area contributed by atoms with Crippen LogP contribution in [0.2, 0.25) is 0 Å². The molecule has 1 fully saturated rings. The van der Waals surface area contributed by atoms with Crippen LogP contribution in [0.4, 0.5) is 5.69 Å². The average Bonchev–Trinajstić information content (AvgIpc) is 3.06. The maximum absolute atomic E-state index is 11.6. The molecule has 6 nitrogen and oxygen atoms in total. The summed E-state index contributed by atoms with van der Waals surface area (Å²) in [4.78, 5) is 0. The van der Waals surface area contributed by atoms with E-state index in [0.29, 0.717) is 17.3 Å². The minimum atomic E-state index is -3.35. The number of sulfonamides is 1. The Hall–Kier alpha value is -2.82. The van der Waals surface area contributed by atoms with Crippen LogP contribution >= 0.6 is 0 Å². The van der Waals surface area contributed by atoms with Gasteiger partial charge < -0.3 is 9.30 Å². The first kappa shape index (κ1) is 18.5. The molecule has 0 saturated carbocycles. The van der Waals surface area contributed by atoms with Crippen molar-refractivity contribution >= 4 is 26.6 Å². The average molecular weight is 395 g/mol. The topological polar surface area (TPSA) is 84.1 Å². The third kappa shape index (κ3) is 3.75. The number of aromatic nitrogens is 1. The number of rotatable bonds is 4. The van der Waals surface area contributed by atoms with Crippen LogP contribution in [0.1, 0.15) is 24.4 Å². The highest BCUT2D eigenvalue weighted by atomic mass is 32.2. The zero-order valence-electron chi connectivity index (χ0n) is 15.6. The number of fused-ring (bicyclic) bond motifs is 1. The fourth-order valence-corrected chi connectivity index (χ4v) is 4.30. The quantitative estimate of drug-likeness (QED) is 0.726. The van der Waals surface area contributed by atoms with Crippen LogP contribution < -0.4 is 4.72 Å². The molecule has 3 aromatic rings. The lowest BCUT2D eigenvalue weighted by molar-refractivity contribution is 0.0707. The maximum atomic E-state index is 11.6. The highest BCUT2D eigenvalue weighted by molar-refractivity contribution is 7.92. The zero-order chi connectivity index (χ0) is 19.7. The first-order chi connectivity index (χ1) is 13.4. The molecule has 1 saturated heterocycles. The van der Waals surface area contributed by atoms with Gasteiger partial charge in [0.15, 0.2) is 0 Å². The predicted molar refractivity (Wildman–Crippen MR) is 110 cm³/mol. The third-order valence-electron chi connectivity index (χ3n) is 5.05. The van der Waals surface area contributed by atoms with Crippen molar-refractivity contribution in [2.24, 2.45) is 0 Å². The molecule has 2 aromatic carbocycles. The summed E-state index contributed by atoms with van der Waals surface area (Å²) < 4.78 is 33.6. The summed E-state index contributed by atoms with van der Waals surface area (Å²) in [6.45, 7) is 1.44. The Bertz CT molecular complexity index is 1150. The van der Waals surface area contributed by atoms with Gasteiger partial charge in [-0.3, -0.25) is 4.72 Å². The van der Waals surface area contributed by atoms with Gasteiger partial charge in [-0.25, -0.2) is 8.42 Å². The van der Waals surface area contributed by atoms with Gasteiger partial charge in [0, 0.05) is 36.4 Å². The Kier molecular flexibility index (Phi) is 4.84. The molecule has 0 bridgehead atoms. The number of benzene rings is 2. The first-order valence-electron chi connectivity index (χ1n) is 9.15. The second-order valence-corrected chi connectivity index (χ2v) is 8.84. The Morgan fingerprint density at radius 1 is 1.14 bits per heavy atom. The van der Waals surface area contributed by atoms with Crippen molar-refractivity contribution in [1.29, 1.82) is 5.26 Å². The van der Waals surface area contributed by atoms with Crippen LogP contribution in [-0.4, -0.2) is 32.5 Å². The molecule has 0 atom stereocenters. The van der Waals surface area contributed by atoms with E-state index in [-0.39, 0.29) is 0 Å². The number of hydrogen-bond donors (Lipinski definition) is 1. The Labute approximate surface area is 164 Å². The van der Waals surface area contributed by atoms with E-state index in [1.807, 2.05) is 36.4 Å². The van der Waals surface area contributed by atoms with E-state index in [0.717, 1.165) is 54.3 Å². The number of hydrogen-bond acceptors (Lipinski definition) is 4. The molecule has 0 aliphatic carbocycles. The lowest BCUT2D eigenvalue weighted by Gasteiger charge is -2.24. The summed E-state index contributed by atoms with van der Waals surface area (Å²) in [5, 5.41) is 10.1. The fourth-order valence-electron chi connectivity index (χ4n) is 3.75. The fraction of sp³-hybridized carbons (Fsp3) is 0.286. The van der Waals surface area contributed by atoms with E-state index in [1.54, 1.807) is 6.07 Å². The zero-order valence-corrected chi connectivity index (χ0v) is 16.4. The van der Waals surface area contributed by atoms with E-state index >= 15 is 0 Å². The van der Waals surface area contributed by atoms with Crippen LogP contribution in [0.5, 0.6) is 0 Å². The third-order valence-corrected chi connectivity index (χ3v) is 5.65. The van der Waals surface area contributed by atoms with Gasteiger partial charge in [0.2, 0.25) is 10.0 Å². The second-order valence-electron chi connectivity index (χ2n) is 7.09. The van der Waals surface area contributed by atoms with Gasteiger partial charge in [-0.2, -0.15) is 5.26 Å². The van der Waals surface area contributed by atoms with E-state index in [2.05, 4.69) is 21.6 Å². The molecule has 0 radical (unpaired) electrons. The van der Waals surface area contributed by atoms with Gasteiger partial charge >= 0.3 is 0 Å². The predicted octanol–water partition coefficient (Wildman–Crippen LogP) is 3.90. The molecule has 0 amide bonds. The minimum Gasteiger partial charge on any atom is -0.381 e. The molecule has 4 rings (SSSR count). The monoisotopic (exact) mass is 395 g/mol. The lowest BCUT2D eigenvalue weighted by Crippen LogP contribution is -2.19. The second kappa shape index (κ2) is 7.30. The van der Waals surface area contributed by atoms with Crippen molar-refractivity contribution < 1.29 is 13.2 Å². The van der Waals surface area contributed by atoms with Gasteiger partial charge in [-0.1, -0.05) is 18.2 Å². The van der Waals surface area contributed by atoms with Crippen molar-refractivity contribution in [2.45, 2.75) is 18.9 Å². The van der Waals surface area contributed by atoms with Gasteiger partial charge in [0.25, 0.3) is 0 Å². The molecule has 28 heavy (non-hydrogen) atoms. The number of nitrogens with zero attached hydrogens (tertiary/aromatic N) is 2. The molecule has 0 unspecified atom stereocenters. The van der Waals surface area contributed by atoms with Crippen molar-refractivity contribution in [2.75, 3.05) is 24.2 Å². The summed E-state index contributed by atoms with van der Waals surface area (Å²) in [5.74, 6) is 0. The molecule has 2 heterocycles. The van der Waals surface area contributed by atoms with E-state index < -0.39 is 10.0 Å². The van der Waals surface area contributed by atoms with Crippen LogP contribution in [0.15, 0.2) is 48.7 Å². The van der Waals surface area contributed by atoms with Crippen LogP contribution in [0.3, 0.4) is 0 Å². The molecule has 1 aliphatic heterocycles. The van der Waals surface area contributed by atoms with Crippen LogP contribution in [0.25, 0.3) is 22.0 Å². The van der Waals surface area contributed by atoms with Gasteiger partial charge in [-0.05, 0) is 42.7 Å². The molecule has 1 aliphatic rings. The smallest absolute Gasteiger partial charge is 0.229 e. The maximum Gasteiger partial charge on any atom is 0.229 e. The summed E-state index contributed by atoms with van der Waals surface area (Å²) in [7, 11) is -3.35. The molecular weight excluding hydrogens is 374 g/mol. The van der Waals surface area contributed by atoms with Gasteiger partial charge in [-0.15, -0.1) is 0 Å². The number of anilines is 1. The number of nitriles is 1. The molecule has 0 spiro atoms. The van der Waals surface area contributed by atoms with E-state index in [9.17, 15) is 8.42 Å². The summed E-state index contributed by atoms with van der Waals surface area (Å²) in [6, 6.07) is 15.6. The molecule has 144 valence electrons. The van der Waals surface area contributed by atoms with Crippen LogP contribution in [0, 0.1) is 11.3 Å². The Balaban J connectivity index is 1.86. The highest BCUT2D eigenvalue weighted by Crippen LogP contribution is 2.36. The standard InChI is InChI=1S/C21H21N3O3S/c1-28(25,26)23-17-6-7-19-20(16-4-2-15(13-22)3-5-16)14-24(21(19)12-17)18-8-10-27-11-9-18/h2-7,12,14,18,23H,8-11H2,1H3. The first-order valence-corrected chi connectivity index (χ1v) is 11.0. The van der Waals surface area contributed by atoms with E-state index in [4.69, 9.17) is 10.00 Å². The van der Waals surface area contributed by atoms with Crippen molar-refractivity contribution in [1.82, 2.24) is 4.57 Å². The molecular formula is C21H21N3O3S. The molecule has 7 heteroatoms. The van der Waals surface area contributed by atoms with Gasteiger partial charge in [0.05, 0.1) is 29.1 Å². The summed E-state index contributed by atoms with van der Waals surface area (Å²) in [5.41, 5.74) is 4.25.